The van der Waals surface area contributed by atoms with Gasteiger partial charge in [-0.1, -0.05) is 13.2 Å². The van der Waals surface area contributed by atoms with E-state index in [0.717, 1.165) is 0 Å². The molecule has 0 aliphatic heterocycles. The summed E-state index contributed by atoms with van der Waals surface area (Å²) in [7, 11) is -5.42. The highest BCUT2D eigenvalue weighted by Gasteiger charge is 2.42. The zero-order chi connectivity index (χ0) is 17.8. The minimum absolute atomic E-state index is 0.114. The molecule has 0 saturated heterocycles. The van der Waals surface area contributed by atoms with Gasteiger partial charge in [0.15, 0.2) is 5.25 Å². The van der Waals surface area contributed by atoms with Crippen molar-refractivity contribution >= 4 is 22.1 Å². The van der Waals surface area contributed by atoms with Gasteiger partial charge in [0.05, 0.1) is 6.42 Å². The van der Waals surface area contributed by atoms with Crippen molar-refractivity contribution in [2.24, 2.45) is 0 Å². The molecule has 1 N–H and O–H groups in total. The minimum Gasteiger partial charge on any atom is -0.397 e. The molecule has 22 heavy (non-hydrogen) atoms. The van der Waals surface area contributed by atoms with Crippen molar-refractivity contribution in [3.05, 3.63) is 25.3 Å². The number of alkyl halides is 4. The average molecular weight is 350 g/mol. The van der Waals surface area contributed by atoms with Crippen LogP contribution in [0.15, 0.2) is 25.3 Å². The first kappa shape index (κ1) is 20.1. The molecule has 0 rings (SSSR count). The second-order valence-electron chi connectivity index (χ2n) is 3.63. The van der Waals surface area contributed by atoms with Crippen LogP contribution in [0.25, 0.3) is 0 Å². The van der Waals surface area contributed by atoms with Crippen LogP contribution in [-0.4, -0.2) is 42.4 Å². The number of hydrogen-bond acceptors (Lipinski definition) is 6. The Balaban J connectivity index is 5.19. The van der Waals surface area contributed by atoms with Gasteiger partial charge in [-0.15, -0.1) is 0 Å². The number of carbonyl (C=O) groups excluding carboxylic acids is 2. The Labute approximate surface area is 121 Å². The molecule has 0 aromatic rings. The molecule has 0 aliphatic carbocycles. The van der Waals surface area contributed by atoms with Gasteiger partial charge in [-0.3, -0.25) is 14.1 Å². The topological polar surface area (TPSA) is 107 Å². The Bertz CT molecular complexity index is 570. The molecule has 0 fully saturated rings. The van der Waals surface area contributed by atoms with Gasteiger partial charge in [-0.25, -0.2) is 0 Å². The molecule has 0 amide bonds. The van der Waals surface area contributed by atoms with Crippen LogP contribution in [0.2, 0.25) is 0 Å². The summed E-state index contributed by atoms with van der Waals surface area (Å²) in [4.78, 5) is 22.3. The monoisotopic (exact) mass is 350 g/mol. The maximum absolute atomic E-state index is 12.7. The molecule has 0 heterocycles. The van der Waals surface area contributed by atoms with Crippen LogP contribution in [0.5, 0.6) is 0 Å². The summed E-state index contributed by atoms with van der Waals surface area (Å²) in [6, 6.07) is 0. The predicted octanol–water partition coefficient (Wildman–Crippen LogP) is 1.28. The lowest BCUT2D eigenvalue weighted by Crippen LogP contribution is -2.38. The SMILES string of the molecule is C=CC(F)(F)OC(=O)CC(C(=O)OC(F)(F)C=C)S(=O)(=O)O. The van der Waals surface area contributed by atoms with E-state index in [0.29, 0.717) is 0 Å². The van der Waals surface area contributed by atoms with E-state index in [1.165, 1.54) is 0 Å². The second-order valence-corrected chi connectivity index (χ2v) is 5.23. The normalized spacial score (nSPS) is 13.9. The molecule has 12 heteroatoms. The third kappa shape index (κ3) is 6.67. The second kappa shape index (κ2) is 6.87. The van der Waals surface area contributed by atoms with Crippen molar-refractivity contribution in [1.82, 2.24) is 0 Å². The first-order valence-corrected chi connectivity index (χ1v) is 6.68. The van der Waals surface area contributed by atoms with Gasteiger partial charge >= 0.3 is 24.2 Å². The first-order chi connectivity index (χ1) is 9.74. The van der Waals surface area contributed by atoms with E-state index in [-0.39, 0.29) is 12.2 Å². The van der Waals surface area contributed by atoms with Crippen molar-refractivity contribution in [2.75, 3.05) is 0 Å². The van der Waals surface area contributed by atoms with Crippen molar-refractivity contribution in [2.45, 2.75) is 23.9 Å². The highest BCUT2D eigenvalue weighted by atomic mass is 32.2. The van der Waals surface area contributed by atoms with Crippen molar-refractivity contribution in [1.29, 1.82) is 0 Å². The van der Waals surface area contributed by atoms with Crippen molar-refractivity contribution in [3.63, 3.8) is 0 Å². The lowest BCUT2D eigenvalue weighted by molar-refractivity contribution is -0.214. The molecule has 0 aromatic carbocycles. The standard InChI is InChI=1S/C10H10F4O7S/c1-3-9(11,12)20-7(15)5-6(22(17,18)19)8(16)21-10(13,14)4-2/h3-4,6H,1-2,5H2,(H,17,18,19). The van der Waals surface area contributed by atoms with Gasteiger partial charge in [0.1, 0.15) is 0 Å². The highest BCUT2D eigenvalue weighted by Crippen LogP contribution is 2.22. The summed E-state index contributed by atoms with van der Waals surface area (Å²) in [5.74, 6) is -4.24. The molecular weight excluding hydrogens is 340 g/mol. The summed E-state index contributed by atoms with van der Waals surface area (Å²) < 4.78 is 88.1. The fraction of sp³-hybridized carbons (Fsp3) is 0.400. The number of hydrogen-bond donors (Lipinski definition) is 1. The van der Waals surface area contributed by atoms with Gasteiger partial charge in [0.2, 0.25) is 0 Å². The van der Waals surface area contributed by atoms with Crippen LogP contribution < -0.4 is 0 Å². The molecule has 1 atom stereocenters. The number of esters is 2. The molecule has 7 nitrogen and oxygen atoms in total. The summed E-state index contributed by atoms with van der Waals surface area (Å²) in [5, 5.41) is -2.88. The van der Waals surface area contributed by atoms with Gasteiger partial charge in [0.25, 0.3) is 10.1 Å². The molecule has 0 saturated carbocycles. The number of ether oxygens (including phenoxy) is 2. The summed E-state index contributed by atoms with van der Waals surface area (Å²) in [5.41, 5.74) is 0. The van der Waals surface area contributed by atoms with Crippen LogP contribution in [0, 0.1) is 0 Å². The zero-order valence-electron chi connectivity index (χ0n) is 10.7. The van der Waals surface area contributed by atoms with E-state index in [1.54, 1.807) is 0 Å². The molecule has 0 aliphatic rings. The zero-order valence-corrected chi connectivity index (χ0v) is 11.5. The Hall–Kier alpha value is -1.95. The van der Waals surface area contributed by atoms with Crippen molar-refractivity contribution < 1.29 is 49.6 Å². The van der Waals surface area contributed by atoms with Crippen LogP contribution in [0.4, 0.5) is 17.6 Å². The smallest absolute Gasteiger partial charge is 0.397 e. The largest absolute Gasteiger partial charge is 0.421 e. The van der Waals surface area contributed by atoms with Crippen LogP contribution >= 0.6 is 0 Å². The highest BCUT2D eigenvalue weighted by molar-refractivity contribution is 7.87. The third-order valence-corrected chi connectivity index (χ3v) is 3.01. The average Bonchev–Trinajstić information content (AvgIpc) is 2.33. The Morgan fingerprint density at radius 1 is 1.09 bits per heavy atom. The van der Waals surface area contributed by atoms with E-state index in [9.17, 15) is 35.6 Å². The summed E-state index contributed by atoms with van der Waals surface area (Å²) in [6.07, 6.45) is -10.5. The summed E-state index contributed by atoms with van der Waals surface area (Å²) in [6.45, 7) is 5.20. The number of carbonyl (C=O) groups is 2. The van der Waals surface area contributed by atoms with E-state index < -0.39 is 45.9 Å². The first-order valence-electron chi connectivity index (χ1n) is 5.18. The Morgan fingerprint density at radius 2 is 1.50 bits per heavy atom. The molecule has 0 bridgehead atoms. The number of rotatable bonds is 8. The van der Waals surface area contributed by atoms with Crippen molar-refractivity contribution in [3.8, 4) is 0 Å². The fourth-order valence-corrected chi connectivity index (χ4v) is 1.58. The van der Waals surface area contributed by atoms with E-state index in [4.69, 9.17) is 4.55 Å². The predicted molar refractivity (Wildman–Crippen MR) is 62.4 cm³/mol. The lowest BCUT2D eigenvalue weighted by atomic mass is 10.3. The molecule has 0 radical (unpaired) electrons. The van der Waals surface area contributed by atoms with Gasteiger partial charge in [-0.2, -0.15) is 26.0 Å². The van der Waals surface area contributed by atoms with Gasteiger partial charge in [0, 0.05) is 12.2 Å². The Morgan fingerprint density at radius 3 is 1.86 bits per heavy atom. The number of halogens is 4. The van der Waals surface area contributed by atoms with Gasteiger partial charge < -0.3 is 9.47 Å². The minimum atomic E-state index is -5.42. The maximum Gasteiger partial charge on any atom is 0.421 e. The van der Waals surface area contributed by atoms with Crippen LogP contribution in [0.3, 0.4) is 0 Å². The lowest BCUT2D eigenvalue weighted by Gasteiger charge is -2.18. The third-order valence-electron chi connectivity index (χ3n) is 1.94. The fourth-order valence-electron chi connectivity index (χ4n) is 0.938. The molecule has 126 valence electrons. The van der Waals surface area contributed by atoms with Crippen LogP contribution in [0.1, 0.15) is 6.42 Å². The summed E-state index contributed by atoms with van der Waals surface area (Å²) >= 11 is 0. The van der Waals surface area contributed by atoms with E-state index in [1.807, 2.05) is 0 Å². The molecule has 0 spiro atoms. The van der Waals surface area contributed by atoms with E-state index in [2.05, 4.69) is 22.6 Å². The molecule has 1 unspecified atom stereocenters. The Kier molecular flexibility index (Phi) is 6.26. The molecular formula is C10H10F4O7S. The van der Waals surface area contributed by atoms with E-state index >= 15 is 0 Å². The van der Waals surface area contributed by atoms with Gasteiger partial charge in [-0.05, 0) is 0 Å². The molecule has 0 aromatic heterocycles. The quantitative estimate of drug-likeness (QED) is 0.304. The maximum atomic E-state index is 12.7. The van der Waals surface area contributed by atoms with Crippen LogP contribution in [-0.2, 0) is 29.2 Å².